The summed E-state index contributed by atoms with van der Waals surface area (Å²) >= 11 is 3.51. The van der Waals surface area contributed by atoms with Crippen molar-refractivity contribution in [1.29, 1.82) is 0 Å². The van der Waals surface area contributed by atoms with E-state index in [1.165, 1.54) is 24.4 Å². The van der Waals surface area contributed by atoms with E-state index in [0.717, 1.165) is 26.2 Å². The molecule has 25 nitrogen and oxygen atoms in total. The maximum absolute atomic E-state index is 14.3. The van der Waals surface area contributed by atoms with Gasteiger partial charge in [0.1, 0.15) is 36.0 Å². The number of phenolic OH excluding ortho intramolecular Hbond substituents is 1. The van der Waals surface area contributed by atoms with Crippen molar-refractivity contribution in [3.63, 3.8) is 0 Å². The van der Waals surface area contributed by atoms with Gasteiger partial charge in [-0.1, -0.05) is 44.2 Å². The Hall–Kier alpha value is -7.25. The number of nitrogens with one attached hydrogen (secondary N) is 7. The SMILES string of the molecule is CC(=O)N[C@@H](CC(=O)O)C(=O)N[C@H](CC(C(=O)O)C(=O)O)C(=O)N[C@@H](Cc1c[nH]c2c(O)cccc12)C(=O)N[C@@H](CCC(=O)O)C(=O)N[C@@H](CC1CCCCC1)C(=O)N[C@H](C(=O)O)C(=O)S. The predicted molar refractivity (Wildman–Crippen MR) is 226 cm³/mol. The lowest BCUT2D eigenvalue weighted by atomic mass is 9.84. The van der Waals surface area contributed by atoms with E-state index >= 15 is 0 Å². The van der Waals surface area contributed by atoms with Gasteiger partial charge in [0.25, 0.3) is 0 Å². The van der Waals surface area contributed by atoms with E-state index in [-0.39, 0.29) is 29.2 Å². The molecule has 1 aliphatic carbocycles. The zero-order valence-electron chi connectivity index (χ0n) is 35.2. The summed E-state index contributed by atoms with van der Waals surface area (Å²) < 4.78 is 0. The molecule has 0 spiro atoms. The predicted octanol–water partition coefficient (Wildman–Crippen LogP) is -1.63. The van der Waals surface area contributed by atoms with E-state index in [9.17, 15) is 88.2 Å². The smallest absolute Gasteiger partial charge is 0.335 e. The molecular weight excluding hydrogens is 899 g/mol. The average Bonchev–Trinajstić information content (AvgIpc) is 3.64. The molecule has 2 aromatic rings. The molecule has 6 atom stereocenters. The quantitative estimate of drug-likeness (QED) is 0.0372. The number of rotatable bonds is 26. The van der Waals surface area contributed by atoms with Crippen molar-refractivity contribution in [3.8, 4) is 5.75 Å². The second kappa shape index (κ2) is 24.7. The molecule has 0 radical (unpaired) electrons. The number of H-pyrrole nitrogens is 1. The minimum absolute atomic E-state index is 0.0631. The molecule has 0 bridgehead atoms. The number of thiol groups is 1. The van der Waals surface area contributed by atoms with Crippen LogP contribution in [0, 0.1) is 11.8 Å². The zero-order valence-corrected chi connectivity index (χ0v) is 36.1. The van der Waals surface area contributed by atoms with Gasteiger partial charge in [-0.05, 0) is 30.4 Å². The summed E-state index contributed by atoms with van der Waals surface area (Å²) in [7, 11) is 0. The third-order valence-electron chi connectivity index (χ3n) is 10.6. The first kappa shape index (κ1) is 53.1. The second-order valence-electron chi connectivity index (χ2n) is 15.6. The van der Waals surface area contributed by atoms with Gasteiger partial charge in [0.15, 0.2) is 12.0 Å². The van der Waals surface area contributed by atoms with E-state index in [0.29, 0.717) is 18.2 Å². The fourth-order valence-electron chi connectivity index (χ4n) is 7.28. The van der Waals surface area contributed by atoms with Gasteiger partial charge >= 0.3 is 29.8 Å². The number of carboxylic acid groups (broad SMARTS) is 5. The highest BCUT2D eigenvalue weighted by atomic mass is 32.1. The number of hydrogen-bond donors (Lipinski definition) is 14. The summed E-state index contributed by atoms with van der Waals surface area (Å²) in [4.78, 5) is 155. The largest absolute Gasteiger partial charge is 0.506 e. The molecule has 1 saturated carbocycles. The van der Waals surface area contributed by atoms with Gasteiger partial charge in [0.2, 0.25) is 40.6 Å². The number of phenols is 1. The van der Waals surface area contributed by atoms with Gasteiger partial charge in [-0.25, -0.2) is 4.79 Å². The van der Waals surface area contributed by atoms with Gasteiger partial charge in [-0.3, -0.25) is 52.7 Å². The molecule has 66 heavy (non-hydrogen) atoms. The van der Waals surface area contributed by atoms with Crippen molar-refractivity contribution in [2.75, 3.05) is 0 Å². The number of aromatic nitrogens is 1. The summed E-state index contributed by atoms with van der Waals surface area (Å²) in [5, 5.41) is 70.2. The highest BCUT2D eigenvalue weighted by molar-refractivity contribution is 7.96. The molecule has 6 amide bonds. The van der Waals surface area contributed by atoms with Crippen LogP contribution in [0.4, 0.5) is 0 Å². The Bertz CT molecular complexity index is 2160. The molecule has 1 aromatic heterocycles. The number of carboxylic acids is 5. The molecule has 0 aliphatic heterocycles. The summed E-state index contributed by atoms with van der Waals surface area (Å²) in [5.74, 6) is -18.7. The van der Waals surface area contributed by atoms with Crippen molar-refractivity contribution < 1.29 is 88.2 Å². The zero-order chi connectivity index (χ0) is 49.4. The van der Waals surface area contributed by atoms with Gasteiger partial charge in [-0.2, -0.15) is 0 Å². The molecular formula is C40H51N7O18S. The maximum Gasteiger partial charge on any atom is 0.335 e. The Labute approximate surface area is 379 Å². The standard InChI is InChI=1S/C40H51N7O18S/c1-17(48)42-26(15-29(52)53)35(57)46-25(14-21(37(59)60)38(61)62)34(56)45-24(13-19-16-41-30-20(19)8-5-9-27(30)49)33(55)43-22(10-11-28(50)51)32(54)44-23(12-18-6-3-2-4-7-18)36(58)47-31(39(63)64)40(65)66/h5,8-9,16,18,21-26,31,41,49H,2-4,6-7,10-15H2,1H3,(H,42,48)(H,43,55)(H,44,54)(H,45,56)(H,46,57)(H,47,58)(H,50,51)(H,52,53)(H,59,60)(H,61,62)(H,63,64)(H,65,66)/t22-,23-,24-,25+,26-,31+/m0/s1. The van der Waals surface area contributed by atoms with E-state index in [2.05, 4.69) is 33.6 Å². The number of amides is 6. The lowest BCUT2D eigenvalue weighted by Crippen LogP contribution is -2.60. The number of carbonyl (C=O) groups is 12. The van der Waals surface area contributed by atoms with Crippen LogP contribution in [0.5, 0.6) is 5.75 Å². The highest BCUT2D eigenvalue weighted by Gasteiger charge is 2.38. The van der Waals surface area contributed by atoms with Gasteiger partial charge in [0.05, 0.1) is 11.9 Å². The van der Waals surface area contributed by atoms with Crippen LogP contribution < -0.4 is 31.9 Å². The number of fused-ring (bicyclic) bond motifs is 1. The summed E-state index contributed by atoms with van der Waals surface area (Å²) in [5.41, 5.74) is 0.382. The minimum Gasteiger partial charge on any atom is -0.506 e. The van der Waals surface area contributed by atoms with Crippen LogP contribution in [0.1, 0.15) is 76.7 Å². The van der Waals surface area contributed by atoms with Crippen molar-refractivity contribution in [2.24, 2.45) is 11.8 Å². The lowest BCUT2D eigenvalue weighted by Gasteiger charge is -2.29. The van der Waals surface area contributed by atoms with Crippen molar-refractivity contribution in [1.82, 2.24) is 36.9 Å². The molecule has 13 N–H and O–H groups in total. The minimum atomic E-state index is -2.39. The van der Waals surface area contributed by atoms with Crippen LogP contribution in [0.2, 0.25) is 0 Å². The number of para-hydroxylation sites is 1. The normalized spacial score (nSPS) is 15.4. The van der Waals surface area contributed by atoms with Crippen molar-refractivity contribution in [3.05, 3.63) is 30.0 Å². The lowest BCUT2D eigenvalue weighted by molar-refractivity contribution is -0.156. The first-order valence-corrected chi connectivity index (χ1v) is 20.8. The number of aliphatic carboxylic acids is 5. The molecule has 1 heterocycles. The van der Waals surface area contributed by atoms with E-state index < -0.39 is 145 Å². The highest BCUT2D eigenvalue weighted by Crippen LogP contribution is 2.28. The Morgan fingerprint density at radius 3 is 1.77 bits per heavy atom. The van der Waals surface area contributed by atoms with Crippen LogP contribution in [0.25, 0.3) is 10.9 Å². The van der Waals surface area contributed by atoms with Crippen molar-refractivity contribution in [2.45, 2.75) is 114 Å². The maximum atomic E-state index is 14.3. The number of aromatic amines is 1. The van der Waals surface area contributed by atoms with Crippen molar-refractivity contribution >= 4 is 93.9 Å². The number of aromatic hydroxyl groups is 1. The topological polar surface area (TPSA) is 414 Å². The van der Waals surface area contributed by atoms with Crippen LogP contribution >= 0.6 is 12.6 Å². The first-order valence-electron chi connectivity index (χ1n) is 20.4. The Morgan fingerprint density at radius 1 is 0.667 bits per heavy atom. The number of benzene rings is 1. The molecule has 1 aliphatic rings. The molecule has 1 aromatic carbocycles. The van der Waals surface area contributed by atoms with E-state index in [4.69, 9.17) is 0 Å². The van der Waals surface area contributed by atoms with Crippen LogP contribution in [0.15, 0.2) is 24.4 Å². The van der Waals surface area contributed by atoms with Crippen LogP contribution in [0.3, 0.4) is 0 Å². The number of hydrogen-bond acceptors (Lipinski definition) is 13. The summed E-state index contributed by atoms with van der Waals surface area (Å²) in [6.45, 7) is 0.932. The van der Waals surface area contributed by atoms with Gasteiger partial charge in [-0.15, -0.1) is 12.6 Å². The van der Waals surface area contributed by atoms with Crippen LogP contribution in [-0.2, 0) is 64.0 Å². The molecule has 0 saturated heterocycles. The molecule has 26 heteroatoms. The monoisotopic (exact) mass is 949 g/mol. The first-order chi connectivity index (χ1) is 31.0. The Kier molecular flexibility index (Phi) is 19.9. The van der Waals surface area contributed by atoms with Gasteiger partial charge in [0, 0.05) is 37.8 Å². The Balaban J connectivity index is 2.08. The third kappa shape index (κ3) is 16.1. The summed E-state index contributed by atoms with van der Waals surface area (Å²) in [6.07, 6.45) is 0.746. The fraction of sp³-hybridized carbons (Fsp3) is 0.500. The van der Waals surface area contributed by atoms with Crippen LogP contribution in [-0.4, -0.2) is 142 Å². The van der Waals surface area contributed by atoms with E-state index in [1.807, 2.05) is 16.0 Å². The fourth-order valence-corrected chi connectivity index (χ4v) is 7.46. The molecule has 1 fully saturated rings. The average molecular weight is 950 g/mol. The Morgan fingerprint density at radius 2 is 1.21 bits per heavy atom. The number of carbonyl (C=O) groups excluding carboxylic acids is 7. The molecule has 3 rings (SSSR count). The molecule has 360 valence electrons. The summed E-state index contributed by atoms with van der Waals surface area (Å²) in [6, 6.07) is -7.12. The van der Waals surface area contributed by atoms with Gasteiger partial charge < -0.3 is 67.5 Å². The van der Waals surface area contributed by atoms with E-state index in [1.54, 1.807) is 0 Å². The third-order valence-corrected chi connectivity index (χ3v) is 10.9. The second-order valence-corrected chi connectivity index (χ2v) is 16.0. The molecule has 0 unspecified atom stereocenters.